The highest BCUT2D eigenvalue weighted by atomic mass is 16.5. The largest absolute Gasteiger partial charge is 0.359 e. The zero-order valence-corrected chi connectivity index (χ0v) is 14.2. The Labute approximate surface area is 141 Å². The second kappa shape index (κ2) is 7.59. The molecule has 0 spiro atoms. The Kier molecular flexibility index (Phi) is 5.27. The topological polar surface area (TPSA) is 90.3 Å². The third-order valence-electron chi connectivity index (χ3n) is 4.27. The van der Waals surface area contributed by atoms with Gasteiger partial charge in [0.05, 0.1) is 18.8 Å². The maximum Gasteiger partial charge on any atom is 0.273 e. The first kappa shape index (κ1) is 16.7. The van der Waals surface area contributed by atoms with Gasteiger partial charge in [0.1, 0.15) is 0 Å². The van der Waals surface area contributed by atoms with E-state index in [1.165, 1.54) is 0 Å². The average molecular weight is 332 g/mol. The number of nitrogens with zero attached hydrogens (tertiary/aromatic N) is 4. The maximum absolute atomic E-state index is 12.1. The summed E-state index contributed by atoms with van der Waals surface area (Å²) >= 11 is 0. The minimum atomic E-state index is -0.249. The molecule has 8 heteroatoms. The quantitative estimate of drug-likeness (QED) is 0.812. The van der Waals surface area contributed by atoms with Gasteiger partial charge in [-0.1, -0.05) is 12.1 Å². The second-order valence-corrected chi connectivity index (χ2v) is 6.11. The van der Waals surface area contributed by atoms with Crippen molar-refractivity contribution in [3.8, 4) is 0 Å². The van der Waals surface area contributed by atoms with Crippen molar-refractivity contribution < 1.29 is 9.32 Å². The van der Waals surface area contributed by atoms with E-state index in [2.05, 4.69) is 37.4 Å². The summed E-state index contributed by atoms with van der Waals surface area (Å²) in [6.07, 6.45) is 0. The number of rotatable bonds is 6. The van der Waals surface area contributed by atoms with Crippen molar-refractivity contribution in [3.63, 3.8) is 0 Å². The molecule has 1 saturated heterocycles. The highest BCUT2D eigenvalue weighted by Crippen LogP contribution is 2.10. The summed E-state index contributed by atoms with van der Waals surface area (Å²) in [4.78, 5) is 16.9. The van der Waals surface area contributed by atoms with Crippen LogP contribution in [0.1, 0.15) is 34.6 Å². The van der Waals surface area contributed by atoms with E-state index < -0.39 is 0 Å². The van der Waals surface area contributed by atoms with E-state index in [0.717, 1.165) is 49.9 Å². The van der Waals surface area contributed by atoms with E-state index in [9.17, 15) is 4.79 Å². The summed E-state index contributed by atoms with van der Waals surface area (Å²) in [5.74, 6) is 0.474. The first-order valence-corrected chi connectivity index (χ1v) is 8.33. The molecule has 2 N–H and O–H groups in total. The van der Waals surface area contributed by atoms with Crippen molar-refractivity contribution in [2.45, 2.75) is 26.9 Å². The van der Waals surface area contributed by atoms with Crippen molar-refractivity contribution in [1.29, 1.82) is 0 Å². The number of carbonyl (C=O) groups is 1. The van der Waals surface area contributed by atoms with Crippen LogP contribution in [-0.4, -0.2) is 63.8 Å². The van der Waals surface area contributed by atoms with Crippen molar-refractivity contribution in [1.82, 2.24) is 30.5 Å². The first-order valence-electron chi connectivity index (χ1n) is 8.33. The highest BCUT2D eigenvalue weighted by molar-refractivity contribution is 5.92. The van der Waals surface area contributed by atoms with Crippen molar-refractivity contribution in [2.24, 2.45) is 0 Å². The van der Waals surface area contributed by atoms with E-state index in [4.69, 9.17) is 4.52 Å². The molecule has 0 radical (unpaired) electrons. The molecule has 1 aliphatic rings. The zero-order valence-electron chi connectivity index (χ0n) is 14.2. The fourth-order valence-electron chi connectivity index (χ4n) is 2.80. The molecule has 130 valence electrons. The third-order valence-corrected chi connectivity index (χ3v) is 4.27. The predicted octanol–water partition coefficient (Wildman–Crippen LogP) is 0.774. The molecule has 0 bridgehead atoms. The Balaban J connectivity index is 1.48. The lowest BCUT2D eigenvalue weighted by molar-refractivity contribution is 0.0940. The van der Waals surface area contributed by atoms with Gasteiger partial charge in [0.25, 0.3) is 5.91 Å². The molecule has 0 unspecified atom stereocenters. The van der Waals surface area contributed by atoms with Crippen LogP contribution in [0, 0.1) is 6.92 Å². The molecular formula is C16H24N6O2. The van der Waals surface area contributed by atoms with E-state index in [-0.39, 0.29) is 5.91 Å². The molecule has 3 rings (SSSR count). The van der Waals surface area contributed by atoms with Gasteiger partial charge in [0, 0.05) is 37.9 Å². The number of piperazine rings is 1. The smallest absolute Gasteiger partial charge is 0.273 e. The number of carbonyl (C=O) groups excluding carboxylic acids is 1. The number of hydrogen-bond acceptors (Lipinski definition) is 6. The lowest BCUT2D eigenvalue weighted by Gasteiger charge is -2.33. The third kappa shape index (κ3) is 4.21. The summed E-state index contributed by atoms with van der Waals surface area (Å²) in [6.45, 7) is 10.4. The van der Waals surface area contributed by atoms with Gasteiger partial charge < -0.3 is 14.7 Å². The number of amides is 1. The van der Waals surface area contributed by atoms with Crippen LogP contribution < -0.4 is 5.32 Å². The van der Waals surface area contributed by atoms with Gasteiger partial charge in [-0.2, -0.15) is 5.10 Å². The second-order valence-electron chi connectivity index (χ2n) is 6.11. The average Bonchev–Trinajstić information content (AvgIpc) is 3.22. The zero-order chi connectivity index (χ0) is 16.9. The molecule has 0 aromatic carbocycles. The standard InChI is InChI=1S/C16H24N6O2/c1-3-21-4-6-22(7-5-21)11-14-9-15(20-24-14)16(23)17-10-13-8-12(2)18-19-13/h8-9H,3-7,10-11H2,1-2H3,(H,17,23)(H,18,19). The summed E-state index contributed by atoms with van der Waals surface area (Å²) in [7, 11) is 0. The highest BCUT2D eigenvalue weighted by Gasteiger charge is 2.19. The molecule has 0 saturated carbocycles. The fraction of sp³-hybridized carbons (Fsp3) is 0.562. The SMILES string of the molecule is CCN1CCN(Cc2cc(C(=O)NCc3cc(C)[nH]n3)no2)CC1. The van der Waals surface area contributed by atoms with Crippen LogP contribution in [0.25, 0.3) is 0 Å². The molecule has 3 heterocycles. The van der Waals surface area contributed by atoms with Gasteiger partial charge in [-0.25, -0.2) is 0 Å². The summed E-state index contributed by atoms with van der Waals surface area (Å²) < 4.78 is 5.31. The van der Waals surface area contributed by atoms with Crippen LogP contribution in [0.15, 0.2) is 16.7 Å². The number of nitrogens with one attached hydrogen (secondary N) is 2. The molecular weight excluding hydrogens is 308 g/mol. The fourth-order valence-corrected chi connectivity index (χ4v) is 2.80. The number of aromatic amines is 1. The molecule has 1 fully saturated rings. The van der Waals surface area contributed by atoms with Crippen molar-refractivity contribution >= 4 is 5.91 Å². The minimum absolute atomic E-state index is 0.249. The molecule has 8 nitrogen and oxygen atoms in total. The molecule has 1 amide bonds. The molecule has 1 aliphatic heterocycles. The first-order chi connectivity index (χ1) is 11.6. The van der Waals surface area contributed by atoms with Crippen LogP contribution in [-0.2, 0) is 13.1 Å². The van der Waals surface area contributed by atoms with Crippen LogP contribution in [0.4, 0.5) is 0 Å². The van der Waals surface area contributed by atoms with Gasteiger partial charge >= 0.3 is 0 Å². The molecule has 0 atom stereocenters. The summed E-state index contributed by atoms with van der Waals surface area (Å²) in [5.41, 5.74) is 2.06. The van der Waals surface area contributed by atoms with Gasteiger partial charge in [-0.05, 0) is 19.5 Å². The number of aromatic nitrogens is 3. The predicted molar refractivity (Wildman–Crippen MR) is 88.4 cm³/mol. The van der Waals surface area contributed by atoms with E-state index in [0.29, 0.717) is 18.8 Å². The van der Waals surface area contributed by atoms with Crippen molar-refractivity contribution in [3.05, 3.63) is 35.0 Å². The molecule has 0 aliphatic carbocycles. The van der Waals surface area contributed by atoms with E-state index in [1.807, 2.05) is 13.0 Å². The monoisotopic (exact) mass is 332 g/mol. The summed E-state index contributed by atoms with van der Waals surface area (Å²) in [5, 5.41) is 13.6. The maximum atomic E-state index is 12.1. The van der Waals surface area contributed by atoms with Crippen molar-refractivity contribution in [2.75, 3.05) is 32.7 Å². The number of H-pyrrole nitrogens is 1. The Bertz CT molecular complexity index is 672. The van der Waals surface area contributed by atoms with Crippen LogP contribution in [0.5, 0.6) is 0 Å². The molecule has 2 aromatic heterocycles. The Morgan fingerprint density at radius 1 is 1.29 bits per heavy atom. The normalized spacial score (nSPS) is 16.4. The van der Waals surface area contributed by atoms with Gasteiger partial charge in [-0.15, -0.1) is 0 Å². The van der Waals surface area contributed by atoms with E-state index >= 15 is 0 Å². The van der Waals surface area contributed by atoms with Gasteiger partial charge in [0.15, 0.2) is 11.5 Å². The Hall–Kier alpha value is -2.19. The van der Waals surface area contributed by atoms with Crippen LogP contribution >= 0.6 is 0 Å². The van der Waals surface area contributed by atoms with Gasteiger partial charge in [-0.3, -0.25) is 14.8 Å². The van der Waals surface area contributed by atoms with Crippen LogP contribution in [0.2, 0.25) is 0 Å². The lowest BCUT2D eigenvalue weighted by Crippen LogP contribution is -2.45. The number of likely N-dealkylation sites (N-methyl/N-ethyl adjacent to an activating group) is 1. The molecule has 2 aromatic rings. The molecule has 24 heavy (non-hydrogen) atoms. The Morgan fingerprint density at radius 3 is 2.71 bits per heavy atom. The number of hydrogen-bond donors (Lipinski definition) is 2. The minimum Gasteiger partial charge on any atom is -0.359 e. The van der Waals surface area contributed by atoms with E-state index in [1.54, 1.807) is 6.07 Å². The van der Waals surface area contributed by atoms with Crippen LogP contribution in [0.3, 0.4) is 0 Å². The summed E-state index contributed by atoms with van der Waals surface area (Å²) in [6, 6.07) is 3.61. The van der Waals surface area contributed by atoms with Gasteiger partial charge in [0.2, 0.25) is 0 Å². The lowest BCUT2D eigenvalue weighted by atomic mass is 10.2. The Morgan fingerprint density at radius 2 is 2.04 bits per heavy atom. The number of aryl methyl sites for hydroxylation is 1.